The molecule has 1 aromatic heterocycles. The Kier molecular flexibility index (Phi) is 3.75. The minimum atomic E-state index is 0.727. The largest absolute Gasteiger partial charge is 0.233 e. The molecule has 0 aliphatic carbocycles. The molecule has 0 radical (unpaired) electrons. The average molecular weight is 317 g/mol. The molecule has 0 fully saturated rings. The third kappa shape index (κ3) is 2.69. The van der Waals surface area contributed by atoms with E-state index in [0.29, 0.717) is 0 Å². The number of hydrogen-bond acceptors (Lipinski definition) is 1. The second-order valence-electron chi connectivity index (χ2n) is 5.03. The number of nitrogens with zero attached hydrogens (tertiary/aromatic N) is 2. The normalized spacial score (nSPS) is 10.9. The summed E-state index contributed by atoms with van der Waals surface area (Å²) in [6.45, 7) is 4.09. The van der Waals surface area contributed by atoms with Gasteiger partial charge in [0.15, 0.2) is 0 Å². The maximum absolute atomic E-state index is 6.04. The lowest BCUT2D eigenvalue weighted by molar-refractivity contribution is 0.880. The summed E-state index contributed by atoms with van der Waals surface area (Å²) in [6.07, 6.45) is 1.87. The summed E-state index contributed by atoms with van der Waals surface area (Å²) in [6, 6.07) is 13.6. The molecule has 0 spiro atoms. The Labute approximate surface area is 133 Å². The highest BCUT2D eigenvalue weighted by molar-refractivity contribution is 6.31. The first-order valence-corrected chi connectivity index (χ1v) is 7.39. The molecule has 0 saturated heterocycles. The van der Waals surface area contributed by atoms with Crippen LogP contribution in [0.25, 0.3) is 16.9 Å². The molecular formula is C17H14Cl2N2. The Hall–Kier alpha value is -1.77. The summed E-state index contributed by atoms with van der Waals surface area (Å²) in [4.78, 5) is 0. The predicted molar refractivity (Wildman–Crippen MR) is 88.5 cm³/mol. The van der Waals surface area contributed by atoms with Gasteiger partial charge in [0.2, 0.25) is 0 Å². The summed E-state index contributed by atoms with van der Waals surface area (Å²) < 4.78 is 1.95. The van der Waals surface area contributed by atoms with Crippen molar-refractivity contribution in [1.29, 1.82) is 0 Å². The average Bonchev–Trinajstić information content (AvgIpc) is 2.82. The van der Waals surface area contributed by atoms with E-state index in [2.05, 4.69) is 12.0 Å². The molecule has 0 saturated carbocycles. The fraction of sp³-hybridized carbons (Fsp3) is 0.118. The van der Waals surface area contributed by atoms with Crippen LogP contribution in [0.15, 0.2) is 48.7 Å². The van der Waals surface area contributed by atoms with Crippen LogP contribution in [0, 0.1) is 13.8 Å². The second kappa shape index (κ2) is 5.55. The Bertz CT molecular complexity index is 789. The molecule has 0 atom stereocenters. The molecule has 0 aliphatic heterocycles. The van der Waals surface area contributed by atoms with Crippen LogP contribution in [-0.4, -0.2) is 9.78 Å². The van der Waals surface area contributed by atoms with E-state index in [-0.39, 0.29) is 0 Å². The molecule has 3 rings (SSSR count). The van der Waals surface area contributed by atoms with Gasteiger partial charge in [0.1, 0.15) is 0 Å². The van der Waals surface area contributed by atoms with Gasteiger partial charge in [-0.2, -0.15) is 5.10 Å². The van der Waals surface area contributed by atoms with Crippen molar-refractivity contribution in [2.24, 2.45) is 0 Å². The summed E-state index contributed by atoms with van der Waals surface area (Å²) in [5.41, 5.74) is 5.38. The zero-order chi connectivity index (χ0) is 15.0. The monoisotopic (exact) mass is 316 g/mol. The van der Waals surface area contributed by atoms with E-state index < -0.39 is 0 Å². The van der Waals surface area contributed by atoms with Gasteiger partial charge >= 0.3 is 0 Å². The van der Waals surface area contributed by atoms with E-state index in [0.717, 1.165) is 38.1 Å². The minimum absolute atomic E-state index is 0.727. The Balaban J connectivity index is 2.19. The van der Waals surface area contributed by atoms with Crippen molar-refractivity contribution in [2.45, 2.75) is 13.8 Å². The molecule has 1 heterocycles. The van der Waals surface area contributed by atoms with Crippen molar-refractivity contribution in [3.05, 3.63) is 69.8 Å². The standard InChI is InChI=1S/C17H14Cl2N2/c1-11-9-15(19)7-8-16(11)21-17(12(2)10-20-21)13-3-5-14(18)6-4-13/h3-10H,1-2H3. The number of halogens is 2. The van der Waals surface area contributed by atoms with Crippen LogP contribution >= 0.6 is 23.2 Å². The Morgan fingerprint density at radius 3 is 2.19 bits per heavy atom. The summed E-state index contributed by atoms with van der Waals surface area (Å²) in [5, 5.41) is 5.97. The van der Waals surface area contributed by atoms with Crippen LogP contribution in [0.5, 0.6) is 0 Å². The van der Waals surface area contributed by atoms with Gasteiger partial charge in [-0.25, -0.2) is 4.68 Å². The lowest BCUT2D eigenvalue weighted by atomic mass is 10.1. The zero-order valence-electron chi connectivity index (χ0n) is 11.8. The SMILES string of the molecule is Cc1cc(Cl)ccc1-n1ncc(C)c1-c1ccc(Cl)cc1. The number of aromatic nitrogens is 2. The van der Waals surface area contributed by atoms with E-state index in [1.165, 1.54) is 0 Å². The second-order valence-corrected chi connectivity index (χ2v) is 5.90. The molecule has 2 aromatic carbocycles. The third-order valence-electron chi connectivity index (χ3n) is 3.46. The molecule has 2 nitrogen and oxygen atoms in total. The molecule has 0 amide bonds. The van der Waals surface area contributed by atoms with Gasteiger partial charge in [-0.1, -0.05) is 35.3 Å². The highest BCUT2D eigenvalue weighted by atomic mass is 35.5. The van der Waals surface area contributed by atoms with Crippen molar-refractivity contribution >= 4 is 23.2 Å². The number of aryl methyl sites for hydroxylation is 2. The van der Waals surface area contributed by atoms with E-state index in [1.54, 1.807) is 0 Å². The van der Waals surface area contributed by atoms with E-state index in [4.69, 9.17) is 23.2 Å². The van der Waals surface area contributed by atoms with Gasteiger partial charge in [0.05, 0.1) is 17.6 Å². The molecule has 4 heteroatoms. The lowest BCUT2D eigenvalue weighted by Crippen LogP contribution is -2.01. The topological polar surface area (TPSA) is 17.8 Å². The van der Waals surface area contributed by atoms with Crippen LogP contribution < -0.4 is 0 Å². The highest BCUT2D eigenvalue weighted by Crippen LogP contribution is 2.29. The van der Waals surface area contributed by atoms with Gasteiger partial charge in [-0.15, -0.1) is 0 Å². The zero-order valence-corrected chi connectivity index (χ0v) is 13.3. The van der Waals surface area contributed by atoms with Gasteiger partial charge in [0.25, 0.3) is 0 Å². The molecule has 0 aliphatic rings. The van der Waals surface area contributed by atoms with Gasteiger partial charge < -0.3 is 0 Å². The van der Waals surface area contributed by atoms with Crippen molar-refractivity contribution in [2.75, 3.05) is 0 Å². The minimum Gasteiger partial charge on any atom is -0.233 e. The van der Waals surface area contributed by atoms with E-state index >= 15 is 0 Å². The predicted octanol–water partition coefficient (Wildman–Crippen LogP) is 5.46. The van der Waals surface area contributed by atoms with Crippen LogP contribution in [0.4, 0.5) is 0 Å². The quantitative estimate of drug-likeness (QED) is 0.613. The number of hydrogen-bond donors (Lipinski definition) is 0. The fourth-order valence-electron chi connectivity index (χ4n) is 2.43. The molecular weight excluding hydrogens is 303 g/mol. The first-order chi connectivity index (χ1) is 10.1. The maximum Gasteiger partial charge on any atom is 0.0770 e. The van der Waals surface area contributed by atoms with Crippen molar-refractivity contribution in [3.63, 3.8) is 0 Å². The first kappa shape index (κ1) is 14.2. The molecule has 0 bridgehead atoms. The lowest BCUT2D eigenvalue weighted by Gasteiger charge is -2.12. The molecule has 0 N–H and O–H groups in total. The van der Waals surface area contributed by atoms with Crippen LogP contribution in [0.2, 0.25) is 10.0 Å². The first-order valence-electron chi connectivity index (χ1n) is 6.63. The number of rotatable bonds is 2. The fourth-order valence-corrected chi connectivity index (χ4v) is 2.78. The Morgan fingerprint density at radius 2 is 1.52 bits per heavy atom. The molecule has 0 unspecified atom stereocenters. The van der Waals surface area contributed by atoms with Gasteiger partial charge in [-0.3, -0.25) is 0 Å². The van der Waals surface area contributed by atoms with Crippen LogP contribution in [0.1, 0.15) is 11.1 Å². The van der Waals surface area contributed by atoms with Crippen molar-refractivity contribution < 1.29 is 0 Å². The van der Waals surface area contributed by atoms with Crippen molar-refractivity contribution in [3.8, 4) is 16.9 Å². The number of benzene rings is 2. The van der Waals surface area contributed by atoms with Gasteiger partial charge in [0, 0.05) is 15.6 Å². The maximum atomic E-state index is 6.04. The van der Waals surface area contributed by atoms with Crippen LogP contribution in [0.3, 0.4) is 0 Å². The van der Waals surface area contributed by atoms with Crippen LogP contribution in [-0.2, 0) is 0 Å². The smallest absolute Gasteiger partial charge is 0.0770 e. The summed E-state index contributed by atoms with van der Waals surface area (Å²) in [7, 11) is 0. The van der Waals surface area contributed by atoms with Gasteiger partial charge in [-0.05, 0) is 55.3 Å². The Morgan fingerprint density at radius 1 is 0.857 bits per heavy atom. The summed E-state index contributed by atoms with van der Waals surface area (Å²) >= 11 is 12.0. The molecule has 21 heavy (non-hydrogen) atoms. The van der Waals surface area contributed by atoms with Crippen molar-refractivity contribution in [1.82, 2.24) is 9.78 Å². The summed E-state index contributed by atoms with van der Waals surface area (Å²) in [5.74, 6) is 0. The highest BCUT2D eigenvalue weighted by Gasteiger charge is 2.13. The molecule has 106 valence electrons. The van der Waals surface area contributed by atoms with E-state index in [1.807, 2.05) is 60.3 Å². The molecule has 3 aromatic rings. The van der Waals surface area contributed by atoms with E-state index in [9.17, 15) is 0 Å². The third-order valence-corrected chi connectivity index (χ3v) is 3.94.